The first kappa shape index (κ1) is 11.3. The Labute approximate surface area is 88.4 Å². The molecule has 1 aromatic carbocycles. The van der Waals surface area contributed by atoms with Crippen LogP contribution in [0.2, 0.25) is 0 Å². The summed E-state index contributed by atoms with van der Waals surface area (Å²) in [6, 6.07) is 5.49. The smallest absolute Gasteiger partial charge is 0.230 e. The Morgan fingerprint density at radius 1 is 1.27 bits per heavy atom. The van der Waals surface area contributed by atoms with E-state index in [1.165, 1.54) is 6.20 Å². The van der Waals surface area contributed by atoms with Gasteiger partial charge in [0.05, 0.1) is 0 Å². The third-order valence-electron chi connectivity index (χ3n) is 2.02. The number of nitrogens with one attached hydrogen (secondary N) is 1. The van der Waals surface area contributed by atoms with E-state index in [0.29, 0.717) is 5.39 Å². The summed E-state index contributed by atoms with van der Waals surface area (Å²) in [5.74, 6) is -0.238. The van der Waals surface area contributed by atoms with Gasteiger partial charge in [0.2, 0.25) is 5.43 Å². The summed E-state index contributed by atoms with van der Waals surface area (Å²) < 4.78 is 0. The highest BCUT2D eigenvalue weighted by atomic mass is 16.3. The summed E-state index contributed by atoms with van der Waals surface area (Å²) in [5, 5.41) is 9.69. The third kappa shape index (κ3) is 2.18. The van der Waals surface area contributed by atoms with Gasteiger partial charge in [-0.05, 0) is 19.1 Å². The number of fused-ring (bicyclic) bond motifs is 1. The van der Waals surface area contributed by atoms with E-state index in [2.05, 4.69) is 4.98 Å². The Bertz CT molecular complexity index is 509. The van der Waals surface area contributed by atoms with Crippen molar-refractivity contribution in [3.05, 3.63) is 40.2 Å². The maximum absolute atomic E-state index is 11.4. The Kier molecular flexibility index (Phi) is 3.50. The first-order chi connectivity index (χ1) is 7.18. The molecule has 1 heterocycles. The van der Waals surface area contributed by atoms with Crippen LogP contribution in [0.1, 0.15) is 19.4 Å². The fourth-order valence-corrected chi connectivity index (χ4v) is 1.32. The summed E-state index contributed by atoms with van der Waals surface area (Å²) >= 11 is 0. The van der Waals surface area contributed by atoms with Crippen LogP contribution in [-0.2, 0) is 0 Å². The molecule has 3 nitrogen and oxygen atoms in total. The summed E-state index contributed by atoms with van der Waals surface area (Å²) in [5.41, 5.74) is 1.43. The summed E-state index contributed by atoms with van der Waals surface area (Å²) in [4.78, 5) is 14.2. The molecule has 80 valence electrons. The predicted molar refractivity (Wildman–Crippen MR) is 62.3 cm³/mol. The van der Waals surface area contributed by atoms with E-state index in [-0.39, 0.29) is 11.2 Å². The average molecular weight is 205 g/mol. The van der Waals surface area contributed by atoms with Crippen molar-refractivity contribution in [2.45, 2.75) is 20.8 Å². The minimum absolute atomic E-state index is 0.238. The number of aromatic hydroxyl groups is 1. The lowest BCUT2D eigenvalue weighted by Gasteiger charge is -1.99. The van der Waals surface area contributed by atoms with Gasteiger partial charge in [0.15, 0.2) is 5.75 Å². The molecule has 2 aromatic rings. The minimum Gasteiger partial charge on any atom is -0.503 e. The Morgan fingerprint density at radius 3 is 2.60 bits per heavy atom. The number of pyridine rings is 1. The molecule has 0 aliphatic rings. The molecule has 0 fully saturated rings. The van der Waals surface area contributed by atoms with Gasteiger partial charge in [-0.15, -0.1) is 0 Å². The highest BCUT2D eigenvalue weighted by Crippen LogP contribution is 2.12. The summed E-state index contributed by atoms with van der Waals surface area (Å²) in [6.45, 7) is 5.91. The van der Waals surface area contributed by atoms with Crippen LogP contribution in [0, 0.1) is 6.92 Å². The molecular weight excluding hydrogens is 190 g/mol. The number of aromatic amines is 1. The molecule has 0 spiro atoms. The fourth-order valence-electron chi connectivity index (χ4n) is 1.32. The van der Waals surface area contributed by atoms with Crippen LogP contribution in [0.25, 0.3) is 10.9 Å². The molecule has 0 amide bonds. The van der Waals surface area contributed by atoms with Gasteiger partial charge in [-0.25, -0.2) is 0 Å². The first-order valence-corrected chi connectivity index (χ1v) is 4.99. The number of benzene rings is 1. The molecule has 0 atom stereocenters. The number of aryl methyl sites for hydroxylation is 1. The zero-order valence-electron chi connectivity index (χ0n) is 9.16. The van der Waals surface area contributed by atoms with Gasteiger partial charge in [0.25, 0.3) is 0 Å². The maximum Gasteiger partial charge on any atom is 0.230 e. The van der Waals surface area contributed by atoms with Crippen molar-refractivity contribution in [1.29, 1.82) is 0 Å². The molecule has 0 bridgehead atoms. The predicted octanol–water partition coefficient (Wildman–Crippen LogP) is 2.57. The van der Waals surface area contributed by atoms with Gasteiger partial charge in [0, 0.05) is 17.1 Å². The lowest BCUT2D eigenvalue weighted by Crippen LogP contribution is -2.01. The van der Waals surface area contributed by atoms with E-state index < -0.39 is 0 Å². The van der Waals surface area contributed by atoms with E-state index in [0.717, 1.165) is 11.1 Å². The van der Waals surface area contributed by atoms with Crippen molar-refractivity contribution in [1.82, 2.24) is 4.98 Å². The summed E-state index contributed by atoms with van der Waals surface area (Å²) in [7, 11) is 0. The first-order valence-electron chi connectivity index (χ1n) is 4.99. The van der Waals surface area contributed by atoms with Crippen molar-refractivity contribution in [2.75, 3.05) is 0 Å². The van der Waals surface area contributed by atoms with Gasteiger partial charge < -0.3 is 10.1 Å². The van der Waals surface area contributed by atoms with Crippen molar-refractivity contribution in [2.24, 2.45) is 0 Å². The van der Waals surface area contributed by atoms with Crippen molar-refractivity contribution < 1.29 is 5.11 Å². The van der Waals surface area contributed by atoms with Crippen molar-refractivity contribution >= 4 is 10.9 Å². The molecule has 2 N–H and O–H groups in total. The maximum atomic E-state index is 11.4. The average Bonchev–Trinajstić information content (AvgIpc) is 2.27. The molecule has 0 saturated heterocycles. The Morgan fingerprint density at radius 2 is 1.93 bits per heavy atom. The number of hydrogen-bond donors (Lipinski definition) is 2. The van der Waals surface area contributed by atoms with Crippen molar-refractivity contribution in [3.63, 3.8) is 0 Å². The molecule has 0 unspecified atom stereocenters. The lowest BCUT2D eigenvalue weighted by atomic mass is 10.1. The highest BCUT2D eigenvalue weighted by molar-refractivity contribution is 5.80. The van der Waals surface area contributed by atoms with Crippen molar-refractivity contribution in [3.8, 4) is 5.75 Å². The van der Waals surface area contributed by atoms with Crippen LogP contribution in [0.3, 0.4) is 0 Å². The molecule has 0 aliphatic heterocycles. The minimum atomic E-state index is -0.322. The lowest BCUT2D eigenvalue weighted by molar-refractivity contribution is 0.469. The van der Waals surface area contributed by atoms with Crippen LogP contribution in [0.5, 0.6) is 5.75 Å². The zero-order chi connectivity index (χ0) is 11.4. The van der Waals surface area contributed by atoms with E-state index in [1.54, 1.807) is 6.07 Å². The van der Waals surface area contributed by atoms with E-state index in [4.69, 9.17) is 5.11 Å². The third-order valence-corrected chi connectivity index (χ3v) is 2.02. The van der Waals surface area contributed by atoms with E-state index in [1.807, 2.05) is 32.9 Å². The Hall–Kier alpha value is -1.77. The summed E-state index contributed by atoms with van der Waals surface area (Å²) in [6.07, 6.45) is 1.31. The number of hydrogen-bond acceptors (Lipinski definition) is 2. The van der Waals surface area contributed by atoms with Gasteiger partial charge in [-0.1, -0.05) is 25.5 Å². The van der Waals surface area contributed by atoms with E-state index >= 15 is 0 Å². The van der Waals surface area contributed by atoms with Crippen LogP contribution >= 0.6 is 0 Å². The molecule has 2 rings (SSSR count). The highest BCUT2D eigenvalue weighted by Gasteiger charge is 2.02. The number of H-pyrrole nitrogens is 1. The molecule has 0 radical (unpaired) electrons. The number of aromatic nitrogens is 1. The zero-order valence-corrected chi connectivity index (χ0v) is 9.16. The second kappa shape index (κ2) is 4.64. The van der Waals surface area contributed by atoms with Gasteiger partial charge in [0.1, 0.15) is 0 Å². The normalized spacial score (nSPS) is 9.53. The quantitative estimate of drug-likeness (QED) is 0.694. The molecule has 0 aliphatic carbocycles. The molecular formula is C12H15NO2. The molecule has 1 aromatic heterocycles. The van der Waals surface area contributed by atoms with E-state index in [9.17, 15) is 4.79 Å². The topological polar surface area (TPSA) is 53.1 Å². The van der Waals surface area contributed by atoms with Crippen LogP contribution in [0.4, 0.5) is 0 Å². The van der Waals surface area contributed by atoms with Gasteiger partial charge in [-0.2, -0.15) is 0 Å². The second-order valence-corrected chi connectivity index (χ2v) is 3.05. The van der Waals surface area contributed by atoms with Crippen LogP contribution in [0.15, 0.2) is 29.2 Å². The Balaban J connectivity index is 0.000000531. The van der Waals surface area contributed by atoms with Gasteiger partial charge >= 0.3 is 0 Å². The molecule has 15 heavy (non-hydrogen) atoms. The van der Waals surface area contributed by atoms with Gasteiger partial charge in [-0.3, -0.25) is 4.79 Å². The fraction of sp³-hybridized carbons (Fsp3) is 0.250. The molecule has 0 saturated carbocycles. The second-order valence-electron chi connectivity index (χ2n) is 3.05. The SMILES string of the molecule is CC.Cc1ccc2[nH]cc(O)c(=O)c2c1. The van der Waals surface area contributed by atoms with Crippen LogP contribution < -0.4 is 5.43 Å². The standard InChI is InChI=1S/C10H9NO2.C2H6/c1-6-2-3-8-7(4-6)10(13)9(12)5-11-8;1-2/h2-5,12H,1H3,(H,11,13);1-2H3. The van der Waals surface area contributed by atoms with Crippen LogP contribution in [-0.4, -0.2) is 10.1 Å². The number of rotatable bonds is 0. The monoisotopic (exact) mass is 205 g/mol. The molecule has 3 heteroatoms. The largest absolute Gasteiger partial charge is 0.503 e.